The second kappa shape index (κ2) is 6.53. The number of hydrogen-bond donors (Lipinski definition) is 0. The van der Waals surface area contributed by atoms with Crippen LogP contribution >= 0.6 is 11.6 Å². The molecule has 19 heavy (non-hydrogen) atoms. The summed E-state index contributed by atoms with van der Waals surface area (Å²) in [5, 5.41) is 0.479. The van der Waals surface area contributed by atoms with Crippen LogP contribution in [0.2, 0.25) is 5.15 Å². The van der Waals surface area contributed by atoms with E-state index in [0.717, 1.165) is 11.7 Å². The van der Waals surface area contributed by atoms with Crippen molar-refractivity contribution in [2.45, 2.75) is 45.3 Å². The molecule has 4 nitrogen and oxygen atoms in total. The summed E-state index contributed by atoms with van der Waals surface area (Å²) in [7, 11) is 3.73. The van der Waals surface area contributed by atoms with Gasteiger partial charge in [-0.1, -0.05) is 31.4 Å². The first-order valence-corrected chi connectivity index (χ1v) is 7.23. The molecule has 0 aromatic carbocycles. The van der Waals surface area contributed by atoms with Crippen molar-refractivity contribution in [2.24, 2.45) is 5.92 Å². The van der Waals surface area contributed by atoms with Crippen LogP contribution < -0.4 is 4.90 Å². The van der Waals surface area contributed by atoms with Crippen molar-refractivity contribution in [2.75, 3.05) is 19.1 Å². The van der Waals surface area contributed by atoms with Gasteiger partial charge >= 0.3 is 0 Å². The van der Waals surface area contributed by atoms with Crippen LogP contribution in [0.3, 0.4) is 0 Å². The Hall–Kier alpha value is -0.870. The van der Waals surface area contributed by atoms with E-state index < -0.39 is 0 Å². The van der Waals surface area contributed by atoms with E-state index in [0.29, 0.717) is 23.6 Å². The van der Waals surface area contributed by atoms with Crippen molar-refractivity contribution in [1.29, 1.82) is 0 Å². The summed E-state index contributed by atoms with van der Waals surface area (Å²) in [6.45, 7) is 2.71. The first kappa shape index (κ1) is 14.5. The molecule has 1 aromatic rings. The number of nitrogens with zero attached hydrogens (tertiary/aromatic N) is 3. The van der Waals surface area contributed by atoms with Crippen LogP contribution in [0.4, 0.5) is 5.82 Å². The normalized spacial score (nSPS) is 23.4. The molecule has 5 heteroatoms. The first-order chi connectivity index (χ1) is 9.10. The maximum Gasteiger partial charge on any atom is 0.158 e. The van der Waals surface area contributed by atoms with Gasteiger partial charge in [-0.25, -0.2) is 9.97 Å². The van der Waals surface area contributed by atoms with E-state index in [2.05, 4.69) is 28.8 Å². The highest BCUT2D eigenvalue weighted by atomic mass is 35.5. The maximum absolute atomic E-state index is 6.06. The Labute approximate surface area is 120 Å². The number of halogens is 1. The highest BCUT2D eigenvalue weighted by Gasteiger charge is 2.23. The quantitative estimate of drug-likeness (QED) is 0.795. The Morgan fingerprint density at radius 3 is 2.89 bits per heavy atom. The molecule has 1 saturated carbocycles. The Morgan fingerprint density at radius 1 is 1.42 bits per heavy atom. The van der Waals surface area contributed by atoms with Gasteiger partial charge in [-0.05, 0) is 18.8 Å². The van der Waals surface area contributed by atoms with Gasteiger partial charge in [0.05, 0.1) is 0 Å². The van der Waals surface area contributed by atoms with Crippen LogP contribution in [0.1, 0.15) is 38.4 Å². The first-order valence-electron chi connectivity index (χ1n) is 6.85. The molecule has 0 N–H and O–H groups in total. The Kier molecular flexibility index (Phi) is 4.99. The second-order valence-corrected chi connectivity index (χ2v) is 5.82. The van der Waals surface area contributed by atoms with Crippen molar-refractivity contribution in [1.82, 2.24) is 9.97 Å². The number of anilines is 1. The van der Waals surface area contributed by atoms with Crippen LogP contribution in [0.25, 0.3) is 0 Å². The van der Waals surface area contributed by atoms with Crippen LogP contribution in [0.5, 0.6) is 0 Å². The zero-order valence-corrected chi connectivity index (χ0v) is 12.7. The van der Waals surface area contributed by atoms with E-state index in [1.54, 1.807) is 7.11 Å². The summed E-state index contributed by atoms with van der Waals surface area (Å²) in [6, 6.07) is 2.38. The van der Waals surface area contributed by atoms with Crippen LogP contribution in [-0.4, -0.2) is 30.2 Å². The van der Waals surface area contributed by atoms with Crippen molar-refractivity contribution < 1.29 is 4.74 Å². The Morgan fingerprint density at radius 2 is 2.21 bits per heavy atom. The summed E-state index contributed by atoms with van der Waals surface area (Å²) < 4.78 is 5.08. The van der Waals surface area contributed by atoms with Gasteiger partial charge in [0.2, 0.25) is 0 Å². The van der Waals surface area contributed by atoms with E-state index >= 15 is 0 Å². The third-order valence-electron chi connectivity index (χ3n) is 3.82. The van der Waals surface area contributed by atoms with Gasteiger partial charge in [0, 0.05) is 26.3 Å². The summed E-state index contributed by atoms with van der Waals surface area (Å²) in [5.41, 5.74) is 0. The van der Waals surface area contributed by atoms with Crippen LogP contribution in [-0.2, 0) is 11.3 Å². The number of aromatic nitrogens is 2. The highest BCUT2D eigenvalue weighted by Crippen LogP contribution is 2.29. The van der Waals surface area contributed by atoms with E-state index in [4.69, 9.17) is 16.3 Å². The number of methoxy groups -OCH3 is 1. The molecule has 0 radical (unpaired) electrons. The lowest BCUT2D eigenvalue weighted by Crippen LogP contribution is -2.36. The number of hydrogen-bond acceptors (Lipinski definition) is 4. The van der Waals surface area contributed by atoms with Crippen molar-refractivity contribution in [3.63, 3.8) is 0 Å². The molecular weight excluding hydrogens is 262 g/mol. The predicted molar refractivity (Wildman–Crippen MR) is 77.6 cm³/mol. The predicted octanol–water partition coefficient (Wildman–Crippen LogP) is 3.29. The summed E-state index contributed by atoms with van der Waals surface area (Å²) in [4.78, 5) is 10.9. The zero-order valence-electron chi connectivity index (χ0n) is 11.9. The molecule has 1 aliphatic carbocycles. The van der Waals surface area contributed by atoms with E-state index in [9.17, 15) is 0 Å². The molecule has 0 aliphatic heterocycles. The molecule has 0 amide bonds. The summed E-state index contributed by atoms with van der Waals surface area (Å²) in [6.07, 6.45) is 5.07. The minimum atomic E-state index is 0.391. The molecule has 1 fully saturated rings. The SMILES string of the molecule is COCc1nc(Cl)cc(N(C)C2CCCC(C)C2)n1. The van der Waals surface area contributed by atoms with E-state index in [1.807, 2.05) is 6.07 Å². The van der Waals surface area contributed by atoms with Gasteiger partial charge < -0.3 is 9.64 Å². The lowest BCUT2D eigenvalue weighted by atomic mass is 9.86. The lowest BCUT2D eigenvalue weighted by molar-refractivity contribution is 0.178. The smallest absolute Gasteiger partial charge is 0.158 e. The molecule has 0 saturated heterocycles. The molecule has 2 atom stereocenters. The van der Waals surface area contributed by atoms with Gasteiger partial charge in [0.1, 0.15) is 17.6 Å². The molecule has 0 bridgehead atoms. The third-order valence-corrected chi connectivity index (χ3v) is 4.01. The molecule has 1 aromatic heterocycles. The molecule has 0 spiro atoms. The van der Waals surface area contributed by atoms with Crippen LogP contribution in [0.15, 0.2) is 6.07 Å². The van der Waals surface area contributed by atoms with E-state index in [-0.39, 0.29) is 0 Å². The van der Waals surface area contributed by atoms with Gasteiger partial charge in [-0.15, -0.1) is 0 Å². The monoisotopic (exact) mass is 283 g/mol. The second-order valence-electron chi connectivity index (χ2n) is 5.43. The van der Waals surface area contributed by atoms with Gasteiger partial charge in [-0.2, -0.15) is 0 Å². The minimum absolute atomic E-state index is 0.391. The molecular formula is C14H22ClN3O. The average molecular weight is 284 g/mol. The molecule has 106 valence electrons. The van der Waals surface area contributed by atoms with Gasteiger partial charge in [0.15, 0.2) is 5.82 Å². The molecule has 2 unspecified atom stereocenters. The third kappa shape index (κ3) is 3.80. The van der Waals surface area contributed by atoms with Crippen molar-refractivity contribution in [3.8, 4) is 0 Å². The zero-order chi connectivity index (χ0) is 13.8. The van der Waals surface area contributed by atoms with Gasteiger partial charge in [-0.3, -0.25) is 0 Å². The fourth-order valence-electron chi connectivity index (χ4n) is 2.77. The van der Waals surface area contributed by atoms with Crippen molar-refractivity contribution >= 4 is 17.4 Å². The highest BCUT2D eigenvalue weighted by molar-refractivity contribution is 6.29. The number of rotatable bonds is 4. The summed E-state index contributed by atoms with van der Waals surface area (Å²) >= 11 is 6.06. The Balaban J connectivity index is 2.15. The standard InChI is InChI=1S/C14H22ClN3O/c1-10-5-4-6-11(7-10)18(2)14-8-12(15)16-13(17-14)9-19-3/h8,10-11H,4-7,9H2,1-3H3. The van der Waals surface area contributed by atoms with E-state index in [1.165, 1.54) is 25.7 Å². The fourth-order valence-corrected chi connectivity index (χ4v) is 2.96. The lowest BCUT2D eigenvalue weighted by Gasteiger charge is -2.35. The van der Waals surface area contributed by atoms with Crippen LogP contribution in [0, 0.1) is 5.92 Å². The minimum Gasteiger partial charge on any atom is -0.377 e. The fraction of sp³-hybridized carbons (Fsp3) is 0.714. The average Bonchev–Trinajstić information content (AvgIpc) is 2.37. The largest absolute Gasteiger partial charge is 0.377 e. The Bertz CT molecular complexity index is 427. The maximum atomic E-state index is 6.06. The summed E-state index contributed by atoms with van der Waals surface area (Å²) in [5.74, 6) is 2.32. The molecule has 1 aliphatic rings. The topological polar surface area (TPSA) is 38.2 Å². The van der Waals surface area contributed by atoms with Gasteiger partial charge in [0.25, 0.3) is 0 Å². The molecule has 2 rings (SSSR count). The number of ether oxygens (including phenoxy) is 1. The molecule has 1 heterocycles. The van der Waals surface area contributed by atoms with Crippen molar-refractivity contribution in [3.05, 3.63) is 17.0 Å².